The third-order valence-electron chi connectivity index (χ3n) is 5.52. The molecule has 2 aromatic rings. The van der Waals surface area contributed by atoms with E-state index in [0.717, 1.165) is 0 Å². The number of fused-ring (bicyclic) bond motifs is 2. The van der Waals surface area contributed by atoms with Crippen LogP contribution in [0.5, 0.6) is 11.5 Å². The lowest BCUT2D eigenvalue weighted by Crippen LogP contribution is -2.64. The predicted octanol–water partition coefficient (Wildman–Crippen LogP) is 4.53. The molecule has 9 heteroatoms. The third-order valence-corrected chi connectivity index (χ3v) is 8.52. The van der Waals surface area contributed by atoms with Crippen molar-refractivity contribution >= 4 is 40.7 Å². The van der Waals surface area contributed by atoms with E-state index in [0.29, 0.717) is 22.6 Å². The van der Waals surface area contributed by atoms with Crippen LogP contribution in [0.25, 0.3) is 0 Å². The van der Waals surface area contributed by atoms with Crippen LogP contribution < -0.4 is 9.47 Å². The first-order chi connectivity index (χ1) is 14.4. The van der Waals surface area contributed by atoms with Gasteiger partial charge in [-0.1, -0.05) is 24.3 Å². The highest BCUT2D eigenvalue weighted by molar-refractivity contribution is 7.45. The lowest BCUT2D eigenvalue weighted by Gasteiger charge is -2.47. The quantitative estimate of drug-likeness (QED) is 0.478. The Hall–Kier alpha value is -2.22. The molecule has 0 atom stereocenters. The molecule has 2 amide bonds. The zero-order valence-corrected chi connectivity index (χ0v) is 20.3. The second-order valence-corrected chi connectivity index (χ2v) is 16.0. The second-order valence-electron chi connectivity index (χ2n) is 8.73. The lowest BCUT2D eigenvalue weighted by atomic mass is 10.1. The van der Waals surface area contributed by atoms with Gasteiger partial charge in [0.15, 0.2) is 11.4 Å². The number of benzene rings is 2. The fourth-order valence-corrected chi connectivity index (χ4v) is 7.44. The molecule has 0 N–H and O–H groups in total. The normalized spacial score (nSPS) is 19.3. The van der Waals surface area contributed by atoms with E-state index in [-0.39, 0.29) is 24.2 Å². The molecule has 2 heterocycles. The van der Waals surface area contributed by atoms with Gasteiger partial charge in [0.25, 0.3) is 18.5 Å². The van der Waals surface area contributed by atoms with Gasteiger partial charge < -0.3 is 19.3 Å². The fourth-order valence-electron chi connectivity index (χ4n) is 3.93. The van der Waals surface area contributed by atoms with Gasteiger partial charge in [-0.25, -0.2) is 0 Å². The summed E-state index contributed by atoms with van der Waals surface area (Å²) in [7, 11) is 0. The van der Waals surface area contributed by atoms with Crippen LogP contribution in [0, 0.1) is 0 Å². The van der Waals surface area contributed by atoms with Crippen molar-refractivity contribution < 1.29 is 19.1 Å². The van der Waals surface area contributed by atoms with Gasteiger partial charge in [-0.2, -0.15) is 0 Å². The van der Waals surface area contributed by atoms with Gasteiger partial charge in [0.1, 0.15) is 11.5 Å². The average molecular weight is 479 g/mol. The van der Waals surface area contributed by atoms with E-state index < -0.39 is 18.1 Å². The number of rotatable bonds is 4. The number of halogens is 2. The van der Waals surface area contributed by atoms with Gasteiger partial charge in [0.05, 0.1) is 11.1 Å². The predicted molar refractivity (Wildman–Crippen MR) is 122 cm³/mol. The minimum atomic E-state index is -3.19. The Morgan fingerprint density at radius 1 is 0.742 bits per heavy atom. The lowest BCUT2D eigenvalue weighted by molar-refractivity contribution is -0.0453. The number of hydrogen-bond donors (Lipinski definition) is 0. The molecule has 0 saturated heterocycles. The van der Waals surface area contributed by atoms with Gasteiger partial charge in [-0.05, 0) is 52.0 Å². The Balaban J connectivity index is 1.59. The first-order valence-electron chi connectivity index (χ1n) is 9.99. The number of carbonyl (C=O) groups excluding carboxylic acids is 2. The molecular formula is C22H24Cl2N2O4Si. The summed E-state index contributed by atoms with van der Waals surface area (Å²) >= 11 is 13.7. The summed E-state index contributed by atoms with van der Waals surface area (Å²) < 4.78 is 12.1. The van der Waals surface area contributed by atoms with E-state index in [2.05, 4.69) is 0 Å². The number of hydrogen-bond acceptors (Lipinski definition) is 4. The van der Waals surface area contributed by atoms with Gasteiger partial charge in [0, 0.05) is 12.3 Å². The Bertz CT molecular complexity index is 976. The standard InChI is InChI=1S/C22H24Cl2N2O4Si/c1-21(2)25(19(27)15-9-5-7-11-17(15)29-21)13-31(23,24)14-26-20(28)16-10-6-8-12-18(16)30-22(26,3)4/h5-12H,13-14H2,1-4H3. The molecule has 0 fully saturated rings. The van der Waals surface area contributed by atoms with Crippen LogP contribution in [0.3, 0.4) is 0 Å². The van der Waals surface area contributed by atoms with Crippen LogP contribution in [0.2, 0.25) is 0 Å². The Morgan fingerprint density at radius 3 is 1.48 bits per heavy atom. The molecule has 0 spiro atoms. The maximum absolute atomic E-state index is 13.2. The van der Waals surface area contributed by atoms with Crippen LogP contribution in [-0.4, -0.2) is 52.1 Å². The summed E-state index contributed by atoms with van der Waals surface area (Å²) in [6, 6.07) is 14.2. The highest BCUT2D eigenvalue weighted by Crippen LogP contribution is 2.38. The van der Waals surface area contributed by atoms with Crippen LogP contribution in [0.15, 0.2) is 48.5 Å². The summed E-state index contributed by atoms with van der Waals surface area (Å²) in [5.74, 6) is 0.664. The fraction of sp³-hybridized carbons (Fsp3) is 0.364. The van der Waals surface area contributed by atoms with E-state index in [1.165, 1.54) is 0 Å². The van der Waals surface area contributed by atoms with E-state index >= 15 is 0 Å². The molecule has 2 aromatic carbocycles. The molecule has 4 rings (SSSR count). The largest absolute Gasteiger partial charge is 0.468 e. The summed E-state index contributed by atoms with van der Waals surface area (Å²) in [6.45, 7) is 4.01. The zero-order valence-electron chi connectivity index (χ0n) is 17.8. The molecule has 164 valence electrons. The maximum Gasteiger partial charge on any atom is 0.288 e. The smallest absolute Gasteiger partial charge is 0.288 e. The maximum atomic E-state index is 13.2. The summed E-state index contributed by atoms with van der Waals surface area (Å²) in [6.07, 6.45) is 0.190. The highest BCUT2D eigenvalue weighted by Gasteiger charge is 2.49. The summed E-state index contributed by atoms with van der Waals surface area (Å²) in [5.41, 5.74) is -0.936. The van der Waals surface area contributed by atoms with Crippen molar-refractivity contribution in [2.45, 2.75) is 39.1 Å². The molecule has 31 heavy (non-hydrogen) atoms. The van der Waals surface area contributed by atoms with E-state index in [1.54, 1.807) is 73.9 Å². The minimum absolute atomic E-state index is 0.0950. The topological polar surface area (TPSA) is 59.1 Å². The van der Waals surface area contributed by atoms with Crippen LogP contribution in [0.1, 0.15) is 48.4 Å². The number of amides is 2. The van der Waals surface area contributed by atoms with Crippen molar-refractivity contribution in [1.82, 2.24) is 9.80 Å². The first kappa shape index (κ1) is 22.0. The van der Waals surface area contributed by atoms with Crippen molar-refractivity contribution in [3.63, 3.8) is 0 Å². The molecule has 6 nitrogen and oxygen atoms in total. The zero-order chi connectivity index (χ0) is 22.6. The monoisotopic (exact) mass is 478 g/mol. The molecule has 2 aliphatic heterocycles. The molecule has 0 aromatic heterocycles. The van der Waals surface area contributed by atoms with Gasteiger partial charge in [-0.15, -0.1) is 22.2 Å². The van der Waals surface area contributed by atoms with Gasteiger partial charge >= 0.3 is 0 Å². The molecule has 0 aliphatic carbocycles. The first-order valence-corrected chi connectivity index (χ1v) is 14.4. The number of nitrogens with zero attached hydrogens (tertiary/aromatic N) is 2. The molecule has 0 saturated carbocycles. The number of para-hydroxylation sites is 2. The van der Waals surface area contributed by atoms with Crippen molar-refractivity contribution in [3.05, 3.63) is 59.7 Å². The Kier molecular flexibility index (Phi) is 5.27. The summed E-state index contributed by atoms with van der Waals surface area (Å²) in [5, 5.41) is 0. The van der Waals surface area contributed by atoms with Gasteiger partial charge in [0.2, 0.25) is 0 Å². The van der Waals surface area contributed by atoms with Crippen molar-refractivity contribution in [2.24, 2.45) is 0 Å². The third kappa shape index (κ3) is 4.02. The molecular weight excluding hydrogens is 455 g/mol. The van der Waals surface area contributed by atoms with Crippen LogP contribution in [-0.2, 0) is 0 Å². The van der Waals surface area contributed by atoms with Crippen molar-refractivity contribution in [1.29, 1.82) is 0 Å². The molecule has 0 radical (unpaired) electrons. The van der Waals surface area contributed by atoms with Crippen LogP contribution in [0.4, 0.5) is 0 Å². The minimum Gasteiger partial charge on any atom is -0.468 e. The Labute approximate surface area is 192 Å². The molecule has 2 aliphatic rings. The van der Waals surface area contributed by atoms with E-state index in [1.807, 2.05) is 12.1 Å². The second kappa shape index (κ2) is 7.43. The SMILES string of the molecule is CC1(C)Oc2ccccc2C(=O)N1C[Si](Cl)(Cl)CN1C(=O)c2ccccc2OC1(C)C. The number of carbonyl (C=O) groups is 2. The van der Waals surface area contributed by atoms with Crippen LogP contribution >= 0.6 is 22.2 Å². The molecule has 0 bridgehead atoms. The van der Waals surface area contributed by atoms with Crippen molar-refractivity contribution in [3.8, 4) is 11.5 Å². The van der Waals surface area contributed by atoms with E-state index in [4.69, 9.17) is 31.6 Å². The highest BCUT2D eigenvalue weighted by atomic mass is 35.7. The van der Waals surface area contributed by atoms with Gasteiger partial charge in [-0.3, -0.25) is 9.59 Å². The Morgan fingerprint density at radius 2 is 1.10 bits per heavy atom. The number of ether oxygens (including phenoxy) is 2. The molecule has 0 unspecified atom stereocenters. The summed E-state index contributed by atoms with van der Waals surface area (Å²) in [4.78, 5) is 29.5. The van der Waals surface area contributed by atoms with E-state index in [9.17, 15) is 9.59 Å². The van der Waals surface area contributed by atoms with Crippen molar-refractivity contribution in [2.75, 3.05) is 12.3 Å². The average Bonchev–Trinajstić information content (AvgIpc) is 2.68.